The van der Waals surface area contributed by atoms with Gasteiger partial charge in [-0.25, -0.2) is 4.79 Å². The van der Waals surface area contributed by atoms with Crippen molar-refractivity contribution >= 4 is 28.4 Å². The Bertz CT molecular complexity index is 2140. The molecule has 14 nitrogen and oxygen atoms in total. The van der Waals surface area contributed by atoms with Gasteiger partial charge in [0.15, 0.2) is 22.9 Å². The summed E-state index contributed by atoms with van der Waals surface area (Å²) >= 11 is 0. The van der Waals surface area contributed by atoms with Gasteiger partial charge in [-0.15, -0.1) is 0 Å². The van der Waals surface area contributed by atoms with Crippen LogP contribution in [0.1, 0.15) is 149 Å². The number of carbonyl (C=O) groups excluding carboxylic acids is 2. The quantitative estimate of drug-likeness (QED) is 0.127. The molecule has 19 atom stereocenters. The van der Waals surface area contributed by atoms with Crippen LogP contribution in [0.2, 0.25) is 36.3 Å². The van der Waals surface area contributed by atoms with Crippen LogP contribution < -0.4 is 0 Å². The molecular formula is C60H96O14Si2. The molecule has 0 amide bonds. The Morgan fingerprint density at radius 2 is 1.41 bits per heavy atom. The molecule has 0 saturated carbocycles. The molecule has 4 unspecified atom stereocenters. The zero-order chi connectivity index (χ0) is 55.1. The minimum atomic E-state index is -2.28. The summed E-state index contributed by atoms with van der Waals surface area (Å²) in [6.45, 7) is 36.4. The van der Waals surface area contributed by atoms with Gasteiger partial charge in [-0.3, -0.25) is 4.79 Å². The van der Waals surface area contributed by atoms with Gasteiger partial charge in [-0.05, 0) is 110 Å². The second kappa shape index (κ2) is 24.5. The van der Waals surface area contributed by atoms with Gasteiger partial charge in [-0.2, -0.15) is 0 Å². The summed E-state index contributed by atoms with van der Waals surface area (Å²) in [4.78, 5) is 28.4. The van der Waals surface area contributed by atoms with Crippen LogP contribution in [0.4, 0.5) is 0 Å². The number of methoxy groups -OCH3 is 1. The molecule has 8 rings (SSSR count). The number of ether oxygens (including phenoxy) is 9. The van der Waals surface area contributed by atoms with Crippen LogP contribution in [0, 0.1) is 11.8 Å². The number of carbonyl (C=O) groups is 2. The second-order valence-electron chi connectivity index (χ2n) is 26.6. The van der Waals surface area contributed by atoms with E-state index in [0.29, 0.717) is 69.1 Å². The topological polar surface area (TPSA) is 156 Å². The summed E-state index contributed by atoms with van der Waals surface area (Å²) in [6, 6.07) is 8.95. The van der Waals surface area contributed by atoms with Crippen molar-refractivity contribution in [1.82, 2.24) is 0 Å². The minimum absolute atomic E-state index is 0.0182. The molecule has 0 aliphatic carbocycles. The van der Waals surface area contributed by atoms with E-state index in [9.17, 15) is 14.7 Å². The van der Waals surface area contributed by atoms with Crippen LogP contribution in [0.25, 0.3) is 0 Å². The lowest BCUT2D eigenvalue weighted by molar-refractivity contribution is -0.283. The number of fused-ring (bicyclic) bond motifs is 5. The van der Waals surface area contributed by atoms with Crippen molar-refractivity contribution in [2.45, 2.75) is 279 Å². The zero-order valence-corrected chi connectivity index (χ0v) is 50.4. The summed E-state index contributed by atoms with van der Waals surface area (Å²) in [5, 5.41) is 11.8. The number of hydrogen-bond acceptors (Lipinski definition) is 14. The summed E-state index contributed by atoms with van der Waals surface area (Å²) in [6.07, 6.45) is -0.658. The molecule has 76 heavy (non-hydrogen) atoms. The molecule has 1 aromatic carbocycles. The lowest BCUT2D eigenvalue weighted by atomic mass is 9.81. The van der Waals surface area contributed by atoms with Crippen molar-refractivity contribution in [2.75, 3.05) is 13.7 Å². The van der Waals surface area contributed by atoms with E-state index >= 15 is 0 Å². The first kappa shape index (κ1) is 59.9. The number of benzene rings is 1. The smallest absolute Gasteiger partial charge is 0.338 e. The Kier molecular flexibility index (Phi) is 19.3. The first-order valence-corrected chi connectivity index (χ1v) is 34.8. The number of rotatable bonds is 11. The number of hydrogen-bond donors (Lipinski definition) is 1. The molecular weight excluding hydrogens is 1000 g/mol. The summed E-state index contributed by atoms with van der Waals surface area (Å²) in [5.41, 5.74) is 2.02. The third kappa shape index (κ3) is 13.8. The van der Waals surface area contributed by atoms with Crippen molar-refractivity contribution in [2.24, 2.45) is 11.8 Å². The van der Waals surface area contributed by atoms with Gasteiger partial charge in [0.2, 0.25) is 0 Å². The van der Waals surface area contributed by atoms with Gasteiger partial charge >= 0.3 is 5.97 Å². The Morgan fingerprint density at radius 1 is 0.737 bits per heavy atom. The summed E-state index contributed by atoms with van der Waals surface area (Å²) in [7, 11) is -2.70. The molecule has 0 radical (unpaired) electrons. The van der Waals surface area contributed by atoms with Crippen molar-refractivity contribution in [3.8, 4) is 0 Å². The lowest BCUT2D eigenvalue weighted by Gasteiger charge is -2.47. The maximum atomic E-state index is 14.8. The fraction of sp³-hybridized carbons (Fsp3) is 0.800. The van der Waals surface area contributed by atoms with Crippen molar-refractivity contribution in [3.63, 3.8) is 0 Å². The number of aliphatic hydroxyl groups excluding tert-OH is 1. The first-order valence-electron chi connectivity index (χ1n) is 29.0. The van der Waals surface area contributed by atoms with E-state index in [-0.39, 0.29) is 108 Å². The van der Waals surface area contributed by atoms with Gasteiger partial charge in [0, 0.05) is 51.6 Å². The molecule has 7 aliphatic heterocycles. The number of esters is 1. The highest BCUT2D eigenvalue weighted by molar-refractivity contribution is 6.74. The fourth-order valence-corrected chi connectivity index (χ4v) is 14.7. The average Bonchev–Trinajstić information content (AvgIpc) is 3.83. The Balaban J connectivity index is 1.09. The van der Waals surface area contributed by atoms with Crippen molar-refractivity contribution in [3.05, 3.63) is 60.2 Å². The number of ketones is 1. The predicted molar refractivity (Wildman–Crippen MR) is 296 cm³/mol. The normalized spacial score (nSPS) is 38.6. The van der Waals surface area contributed by atoms with Gasteiger partial charge in [-0.1, -0.05) is 86.7 Å². The molecule has 7 fully saturated rings. The molecule has 1 aromatic rings. The maximum absolute atomic E-state index is 14.8. The molecule has 7 saturated heterocycles. The first-order chi connectivity index (χ1) is 35.7. The third-order valence-electron chi connectivity index (χ3n) is 19.0. The SMILES string of the molecule is C=C1C[C@@H](OC(=O)c2ccccc2)CCC2O[C@@H]3[C@@H]4OC(CC)[C@H](O2)[C@@H]4O[C@H]2CC[C@H](CC(=O)CC4[C@H](C[C@H]5O[C@@H](CC[C@H]1O)C[C@@H](C)C5=C)O[C@H](CC(CO[Si](C)(C)C(C)(C)C)O[Si](C)(C)C(C)(C)C)[C@@H]4OC)O[C@H]32. The molecule has 428 valence electrons. The highest BCUT2D eigenvalue weighted by Gasteiger charge is 2.61. The van der Waals surface area contributed by atoms with Crippen LogP contribution in [0.3, 0.4) is 0 Å². The van der Waals surface area contributed by atoms with E-state index in [4.69, 9.17) is 51.5 Å². The van der Waals surface area contributed by atoms with E-state index in [2.05, 4.69) is 94.7 Å². The van der Waals surface area contributed by atoms with Gasteiger partial charge in [0.1, 0.15) is 42.4 Å². The minimum Gasteiger partial charge on any atom is -0.458 e. The third-order valence-corrected chi connectivity index (χ3v) is 28.1. The van der Waals surface area contributed by atoms with Gasteiger partial charge in [0.25, 0.3) is 0 Å². The largest absolute Gasteiger partial charge is 0.458 e. The molecule has 16 heteroatoms. The second-order valence-corrected chi connectivity index (χ2v) is 36.1. The van der Waals surface area contributed by atoms with Gasteiger partial charge in [0.05, 0.1) is 73.2 Å². The number of aliphatic hydroxyl groups is 1. The fourth-order valence-electron chi connectivity index (χ4n) is 12.3. The number of Topliss-reactive ketones (excluding diaryl/α,β-unsaturated/α-hetero) is 1. The Hall–Kier alpha value is -2.17. The van der Waals surface area contributed by atoms with Crippen LogP contribution >= 0.6 is 0 Å². The van der Waals surface area contributed by atoms with E-state index < -0.39 is 65.5 Å². The van der Waals surface area contributed by atoms with Crippen molar-refractivity contribution < 1.29 is 66.2 Å². The molecule has 0 aromatic heterocycles. The highest BCUT2D eigenvalue weighted by Crippen LogP contribution is 2.47. The van der Waals surface area contributed by atoms with E-state index in [0.717, 1.165) is 18.4 Å². The van der Waals surface area contributed by atoms with Crippen molar-refractivity contribution in [1.29, 1.82) is 0 Å². The molecule has 9 bridgehead atoms. The van der Waals surface area contributed by atoms with Crippen LogP contribution in [0.15, 0.2) is 54.6 Å². The summed E-state index contributed by atoms with van der Waals surface area (Å²) in [5.74, 6) is -0.497. The van der Waals surface area contributed by atoms with Crippen LogP contribution in [-0.2, 0) is 56.3 Å². The lowest BCUT2D eigenvalue weighted by Crippen LogP contribution is -2.61. The van der Waals surface area contributed by atoms with Crippen LogP contribution in [-0.4, -0.2) is 151 Å². The standard InChI is InChI=1S/C60H96O14Si2/c1-16-46-53-55-57(70-46)56-54-47(71-55)26-23-42(67-54)30-39(61)31-44-49(69-50(52(44)64-11)32-43(74-76(14,15)60(8,9)10)34-65-75(12,13)59(5,6)7)33-48-37(4)35(2)28-40(66-48)22-25-45(62)36(3)29-41(24-27-51(72-53)73-56)68-58(63)38-20-18-17-19-21-38/h17-21,35,40-57,62H,3-4,16,22-34H2,1-2,5-15H3/t35-,40+,41+,42-,43?,44?,45-,46?,47+,48-,49+,50-,51?,52-,53+,54+,55+,56+,57-/m1/s1. The molecule has 7 aliphatic rings. The maximum Gasteiger partial charge on any atom is 0.338 e. The average molecular weight is 1100 g/mol. The monoisotopic (exact) mass is 1100 g/mol. The Morgan fingerprint density at radius 3 is 2.09 bits per heavy atom. The van der Waals surface area contributed by atoms with Crippen LogP contribution in [0.5, 0.6) is 0 Å². The highest BCUT2D eigenvalue weighted by atomic mass is 28.4. The zero-order valence-electron chi connectivity index (χ0n) is 48.4. The molecule has 1 N–H and O–H groups in total. The Labute approximate surface area is 457 Å². The van der Waals surface area contributed by atoms with E-state index in [1.807, 2.05) is 18.2 Å². The summed E-state index contributed by atoms with van der Waals surface area (Å²) < 4.78 is 75.3. The molecule has 7 heterocycles. The van der Waals surface area contributed by atoms with Gasteiger partial charge < -0.3 is 56.6 Å². The predicted octanol–water partition coefficient (Wildman–Crippen LogP) is 11.0. The van der Waals surface area contributed by atoms with E-state index in [1.54, 1.807) is 19.2 Å². The molecule has 0 spiro atoms. The van der Waals surface area contributed by atoms with E-state index in [1.165, 1.54) is 0 Å².